The lowest BCUT2D eigenvalue weighted by Crippen LogP contribution is -2.35. The van der Waals surface area contributed by atoms with Gasteiger partial charge in [0.2, 0.25) is 0 Å². The molecule has 1 fully saturated rings. The Balaban J connectivity index is 1.99. The number of halogens is 1. The Morgan fingerprint density at radius 1 is 1.35 bits per heavy atom. The van der Waals surface area contributed by atoms with Crippen LogP contribution in [0.4, 0.5) is 4.39 Å². The third-order valence-electron chi connectivity index (χ3n) is 3.36. The summed E-state index contributed by atoms with van der Waals surface area (Å²) < 4.78 is 13.7. The predicted octanol–water partition coefficient (Wildman–Crippen LogP) is 2.30. The molecule has 1 heterocycles. The van der Waals surface area contributed by atoms with Gasteiger partial charge < -0.3 is 4.84 Å². The minimum Gasteiger partial charge on any atom is -0.391 e. The number of hydrogen-bond donors (Lipinski definition) is 0. The molecule has 1 aromatic carbocycles. The van der Waals surface area contributed by atoms with Gasteiger partial charge in [0.25, 0.3) is 0 Å². The fraction of sp³-hybridized carbons (Fsp3) is 0.385. The first-order valence-corrected chi connectivity index (χ1v) is 5.78. The van der Waals surface area contributed by atoms with Gasteiger partial charge in [-0.3, -0.25) is 4.79 Å². The van der Waals surface area contributed by atoms with E-state index in [0.29, 0.717) is 17.7 Å². The van der Waals surface area contributed by atoms with Gasteiger partial charge in [0.05, 0.1) is 0 Å². The Morgan fingerprint density at radius 3 is 3.00 bits per heavy atom. The van der Waals surface area contributed by atoms with Crippen molar-refractivity contribution in [2.75, 3.05) is 0 Å². The summed E-state index contributed by atoms with van der Waals surface area (Å²) in [7, 11) is 0. The average Bonchev–Trinajstić information content (AvgIpc) is 2.75. The maximum atomic E-state index is 13.7. The molecule has 2 aliphatic rings. The minimum atomic E-state index is -0.374. The van der Waals surface area contributed by atoms with Crippen molar-refractivity contribution in [2.24, 2.45) is 11.1 Å². The SMILES string of the molecule is O=C1CCC[C@H]2ON=C(c3ccccc3F)[C@@H]12. The smallest absolute Gasteiger partial charge is 0.145 e. The molecule has 2 atom stereocenters. The van der Waals surface area contributed by atoms with Gasteiger partial charge in [0.1, 0.15) is 29.3 Å². The molecule has 0 unspecified atom stereocenters. The van der Waals surface area contributed by atoms with Crippen LogP contribution in [-0.4, -0.2) is 17.6 Å². The molecule has 0 radical (unpaired) electrons. The lowest BCUT2D eigenvalue weighted by Gasteiger charge is -2.22. The highest BCUT2D eigenvalue weighted by Gasteiger charge is 2.42. The quantitative estimate of drug-likeness (QED) is 0.746. The maximum absolute atomic E-state index is 13.7. The number of rotatable bonds is 1. The summed E-state index contributed by atoms with van der Waals surface area (Å²) >= 11 is 0. The molecule has 4 heteroatoms. The van der Waals surface area contributed by atoms with Gasteiger partial charge in [-0.2, -0.15) is 0 Å². The van der Waals surface area contributed by atoms with Crippen molar-refractivity contribution in [3.8, 4) is 0 Å². The van der Waals surface area contributed by atoms with Crippen LogP contribution in [0.3, 0.4) is 0 Å². The molecule has 17 heavy (non-hydrogen) atoms. The van der Waals surface area contributed by atoms with Crippen molar-refractivity contribution >= 4 is 11.5 Å². The normalized spacial score (nSPS) is 27.4. The van der Waals surface area contributed by atoms with Gasteiger partial charge in [-0.1, -0.05) is 23.4 Å². The maximum Gasteiger partial charge on any atom is 0.145 e. The number of fused-ring (bicyclic) bond motifs is 1. The molecular weight excluding hydrogens is 221 g/mol. The first-order chi connectivity index (χ1) is 8.27. The molecule has 0 bridgehead atoms. The number of hydrogen-bond acceptors (Lipinski definition) is 3. The van der Waals surface area contributed by atoms with E-state index in [9.17, 15) is 9.18 Å². The Bertz CT molecular complexity index is 498. The summed E-state index contributed by atoms with van der Waals surface area (Å²) in [6, 6.07) is 6.37. The van der Waals surface area contributed by atoms with Crippen molar-refractivity contribution < 1.29 is 14.0 Å². The number of ketones is 1. The largest absolute Gasteiger partial charge is 0.391 e. The minimum absolute atomic E-state index is 0.112. The van der Waals surface area contributed by atoms with Crippen LogP contribution in [0.1, 0.15) is 24.8 Å². The third-order valence-corrected chi connectivity index (χ3v) is 3.36. The first-order valence-electron chi connectivity index (χ1n) is 5.78. The van der Waals surface area contributed by atoms with E-state index in [0.717, 1.165) is 12.8 Å². The van der Waals surface area contributed by atoms with E-state index < -0.39 is 0 Å². The molecule has 3 rings (SSSR count). The Morgan fingerprint density at radius 2 is 2.18 bits per heavy atom. The summed E-state index contributed by atoms with van der Waals surface area (Å²) in [6.07, 6.45) is 2.00. The van der Waals surface area contributed by atoms with Gasteiger partial charge in [-0.05, 0) is 18.9 Å². The lowest BCUT2D eigenvalue weighted by atomic mass is 9.80. The second-order valence-electron chi connectivity index (χ2n) is 4.44. The fourth-order valence-electron chi connectivity index (χ4n) is 2.52. The predicted molar refractivity (Wildman–Crippen MR) is 60.2 cm³/mol. The molecule has 1 aliphatic heterocycles. The zero-order valence-electron chi connectivity index (χ0n) is 9.23. The number of carbonyl (C=O) groups excluding carboxylic acids is 1. The topological polar surface area (TPSA) is 38.7 Å². The third kappa shape index (κ3) is 1.64. The van der Waals surface area contributed by atoms with Crippen molar-refractivity contribution in [1.82, 2.24) is 0 Å². The van der Waals surface area contributed by atoms with Crippen LogP contribution in [0.15, 0.2) is 29.4 Å². The molecule has 1 saturated carbocycles. The highest BCUT2D eigenvalue weighted by Crippen LogP contribution is 2.33. The summed E-state index contributed by atoms with van der Waals surface area (Å²) in [5.41, 5.74) is 0.841. The molecule has 0 N–H and O–H groups in total. The molecule has 0 amide bonds. The van der Waals surface area contributed by atoms with E-state index >= 15 is 0 Å². The van der Waals surface area contributed by atoms with Gasteiger partial charge >= 0.3 is 0 Å². The van der Waals surface area contributed by atoms with E-state index in [4.69, 9.17) is 4.84 Å². The van der Waals surface area contributed by atoms with E-state index in [2.05, 4.69) is 5.16 Å². The molecule has 3 nitrogen and oxygen atoms in total. The molecular formula is C13H12FNO2. The number of Topliss-reactive ketones (excluding diaryl/α,β-unsaturated/α-hetero) is 1. The Labute approximate surface area is 98.3 Å². The van der Waals surface area contributed by atoms with E-state index in [1.165, 1.54) is 6.07 Å². The molecule has 0 aromatic heterocycles. The highest BCUT2D eigenvalue weighted by atomic mass is 19.1. The number of nitrogens with zero attached hydrogens (tertiary/aromatic N) is 1. The second-order valence-corrected chi connectivity index (χ2v) is 4.44. The van der Waals surface area contributed by atoms with Crippen molar-refractivity contribution in [3.05, 3.63) is 35.6 Å². The van der Waals surface area contributed by atoms with Crippen LogP contribution in [0.25, 0.3) is 0 Å². The second kappa shape index (κ2) is 3.95. The van der Waals surface area contributed by atoms with Crippen molar-refractivity contribution in [1.29, 1.82) is 0 Å². The Hall–Kier alpha value is -1.71. The van der Waals surface area contributed by atoms with E-state index in [-0.39, 0.29) is 23.6 Å². The Kier molecular flexibility index (Phi) is 2.42. The van der Waals surface area contributed by atoms with Gasteiger partial charge in [-0.25, -0.2) is 4.39 Å². The lowest BCUT2D eigenvalue weighted by molar-refractivity contribution is -0.126. The summed E-state index contributed by atoms with van der Waals surface area (Å²) in [5.74, 6) is -0.615. The number of carbonyl (C=O) groups is 1. The van der Waals surface area contributed by atoms with Crippen LogP contribution >= 0.6 is 0 Å². The fourth-order valence-corrected chi connectivity index (χ4v) is 2.52. The zero-order chi connectivity index (χ0) is 11.8. The average molecular weight is 233 g/mol. The van der Waals surface area contributed by atoms with Crippen molar-refractivity contribution in [3.63, 3.8) is 0 Å². The van der Waals surface area contributed by atoms with E-state index in [1.807, 2.05) is 0 Å². The van der Waals surface area contributed by atoms with Gasteiger partial charge in [0.15, 0.2) is 0 Å². The zero-order valence-corrected chi connectivity index (χ0v) is 9.23. The van der Waals surface area contributed by atoms with Crippen molar-refractivity contribution in [2.45, 2.75) is 25.4 Å². The number of benzene rings is 1. The van der Waals surface area contributed by atoms with Crippen LogP contribution < -0.4 is 0 Å². The summed E-state index contributed by atoms with van der Waals surface area (Å²) in [6.45, 7) is 0. The summed E-state index contributed by atoms with van der Waals surface area (Å²) in [4.78, 5) is 17.1. The van der Waals surface area contributed by atoms with Crippen LogP contribution in [0.2, 0.25) is 0 Å². The highest BCUT2D eigenvalue weighted by molar-refractivity contribution is 6.15. The monoisotopic (exact) mass is 233 g/mol. The van der Waals surface area contributed by atoms with Gasteiger partial charge in [-0.15, -0.1) is 0 Å². The van der Waals surface area contributed by atoms with Crippen LogP contribution in [0.5, 0.6) is 0 Å². The molecule has 0 saturated heterocycles. The molecule has 1 aromatic rings. The molecule has 1 aliphatic carbocycles. The first kappa shape index (κ1) is 10.4. The van der Waals surface area contributed by atoms with E-state index in [1.54, 1.807) is 18.2 Å². The standard InChI is InChI=1S/C13H12FNO2/c14-9-5-2-1-4-8(9)13-12-10(16)6-3-7-11(12)17-15-13/h1-2,4-5,11-12H,3,6-7H2/t11-,12+/m1/s1. The molecule has 88 valence electrons. The number of oxime groups is 1. The summed E-state index contributed by atoms with van der Waals surface area (Å²) in [5, 5.41) is 3.92. The van der Waals surface area contributed by atoms with Crippen LogP contribution in [-0.2, 0) is 9.63 Å². The van der Waals surface area contributed by atoms with Crippen LogP contribution in [0, 0.1) is 11.7 Å². The van der Waals surface area contributed by atoms with Gasteiger partial charge in [0, 0.05) is 12.0 Å². The molecule has 0 spiro atoms.